The van der Waals surface area contributed by atoms with Crippen LogP contribution in [0.1, 0.15) is 66.7 Å². The summed E-state index contributed by atoms with van der Waals surface area (Å²) in [7, 11) is 0. The Bertz CT molecular complexity index is 576. The van der Waals surface area contributed by atoms with E-state index in [9.17, 15) is 0 Å². The summed E-state index contributed by atoms with van der Waals surface area (Å²) in [6.45, 7) is 10.2. The Balaban J connectivity index is 0.000000575. The van der Waals surface area contributed by atoms with Gasteiger partial charge in [0.05, 0.1) is 0 Å². The molecule has 2 aliphatic carbocycles. The van der Waals surface area contributed by atoms with Crippen LogP contribution in [0.2, 0.25) is 0 Å². The first-order chi connectivity index (χ1) is 12.7. The normalized spacial score (nSPS) is 19.3. The SMILES string of the molecule is C1=CC=CCC=C1.CC.C\C=C/N=C(C)\C=C(C)\C1=C\CC=CCCC1. The predicted molar refractivity (Wildman–Crippen MR) is 121 cm³/mol. The van der Waals surface area contributed by atoms with Gasteiger partial charge in [0.25, 0.3) is 0 Å². The van der Waals surface area contributed by atoms with E-state index in [1.165, 1.54) is 30.4 Å². The van der Waals surface area contributed by atoms with Gasteiger partial charge in [-0.25, -0.2) is 0 Å². The van der Waals surface area contributed by atoms with E-state index in [2.05, 4.69) is 60.5 Å². The van der Waals surface area contributed by atoms with Gasteiger partial charge in [-0.1, -0.05) is 74.6 Å². The molecule has 0 N–H and O–H groups in total. The fourth-order valence-electron chi connectivity index (χ4n) is 2.45. The largest absolute Gasteiger partial charge is 0.262 e. The monoisotopic (exact) mass is 351 g/mol. The molecule has 2 aliphatic rings. The van der Waals surface area contributed by atoms with Gasteiger partial charge >= 0.3 is 0 Å². The Labute approximate surface area is 162 Å². The molecule has 0 fully saturated rings. The first-order valence-corrected chi connectivity index (χ1v) is 9.90. The maximum absolute atomic E-state index is 4.34. The molecule has 0 atom stereocenters. The van der Waals surface area contributed by atoms with Gasteiger partial charge in [-0.2, -0.15) is 0 Å². The van der Waals surface area contributed by atoms with Crippen molar-refractivity contribution < 1.29 is 0 Å². The Hall–Kier alpha value is -2.15. The average molecular weight is 352 g/mol. The molecule has 142 valence electrons. The maximum Gasteiger partial charge on any atom is 0.0375 e. The van der Waals surface area contributed by atoms with Crippen molar-refractivity contribution in [3.8, 4) is 0 Å². The third-order valence-corrected chi connectivity index (χ3v) is 3.72. The number of hydrogen-bond donors (Lipinski definition) is 0. The fourth-order valence-corrected chi connectivity index (χ4v) is 2.45. The van der Waals surface area contributed by atoms with E-state index in [0.717, 1.165) is 18.6 Å². The van der Waals surface area contributed by atoms with Gasteiger partial charge in [-0.05, 0) is 70.1 Å². The number of rotatable bonds is 3. The van der Waals surface area contributed by atoms with Crippen molar-refractivity contribution in [2.24, 2.45) is 4.99 Å². The minimum atomic E-state index is 1.06. The molecule has 0 spiro atoms. The van der Waals surface area contributed by atoms with Crippen LogP contribution in [0.3, 0.4) is 0 Å². The number of nitrogens with zero attached hydrogens (tertiary/aromatic N) is 1. The van der Waals surface area contributed by atoms with Crippen LogP contribution in [0.5, 0.6) is 0 Å². The number of aliphatic imine (C=N–C) groups is 1. The molecule has 1 heteroatoms. The summed E-state index contributed by atoms with van der Waals surface area (Å²) < 4.78 is 0. The zero-order chi connectivity index (χ0) is 19.5. The summed E-state index contributed by atoms with van der Waals surface area (Å²) in [4.78, 5) is 4.34. The Kier molecular flexibility index (Phi) is 16.2. The van der Waals surface area contributed by atoms with Gasteiger partial charge in [0, 0.05) is 11.9 Å². The zero-order valence-corrected chi connectivity index (χ0v) is 17.4. The summed E-state index contributed by atoms with van der Waals surface area (Å²) in [5.74, 6) is 0. The topological polar surface area (TPSA) is 12.4 Å². The molecule has 1 nitrogen and oxygen atoms in total. The first kappa shape index (κ1) is 23.9. The van der Waals surface area contributed by atoms with Gasteiger partial charge < -0.3 is 0 Å². The van der Waals surface area contributed by atoms with Crippen molar-refractivity contribution >= 4 is 5.71 Å². The number of allylic oxidation sites excluding steroid dienone is 13. The van der Waals surface area contributed by atoms with Crippen molar-refractivity contribution in [1.29, 1.82) is 0 Å². The highest BCUT2D eigenvalue weighted by molar-refractivity contribution is 5.94. The zero-order valence-electron chi connectivity index (χ0n) is 17.4. The van der Waals surface area contributed by atoms with Crippen LogP contribution in [0, 0.1) is 0 Å². The van der Waals surface area contributed by atoms with Crippen LogP contribution < -0.4 is 0 Å². The van der Waals surface area contributed by atoms with Gasteiger partial charge in [-0.3, -0.25) is 4.99 Å². The summed E-state index contributed by atoms with van der Waals surface area (Å²) in [6.07, 6.45) is 31.0. The Morgan fingerprint density at radius 1 is 0.923 bits per heavy atom. The third-order valence-electron chi connectivity index (χ3n) is 3.72. The second kappa shape index (κ2) is 17.7. The van der Waals surface area contributed by atoms with Crippen LogP contribution in [0.15, 0.2) is 89.2 Å². The van der Waals surface area contributed by atoms with Gasteiger partial charge in [0.15, 0.2) is 0 Å². The first-order valence-electron chi connectivity index (χ1n) is 9.90. The summed E-state index contributed by atoms with van der Waals surface area (Å²) in [6, 6.07) is 0. The van der Waals surface area contributed by atoms with E-state index in [1.54, 1.807) is 0 Å². The van der Waals surface area contributed by atoms with Crippen molar-refractivity contribution in [1.82, 2.24) is 0 Å². The van der Waals surface area contributed by atoms with Crippen molar-refractivity contribution in [2.75, 3.05) is 0 Å². The summed E-state index contributed by atoms with van der Waals surface area (Å²) >= 11 is 0. The summed E-state index contributed by atoms with van der Waals surface area (Å²) in [5, 5.41) is 0. The highest BCUT2D eigenvalue weighted by Gasteiger charge is 2.01. The van der Waals surface area contributed by atoms with Crippen molar-refractivity contribution in [3.05, 3.63) is 84.2 Å². The number of hydrogen-bond acceptors (Lipinski definition) is 1. The molecule has 0 aromatic rings. The lowest BCUT2D eigenvalue weighted by Gasteiger charge is -2.09. The van der Waals surface area contributed by atoms with Gasteiger partial charge in [-0.15, -0.1) is 0 Å². The van der Waals surface area contributed by atoms with E-state index < -0.39 is 0 Å². The maximum atomic E-state index is 4.34. The van der Waals surface area contributed by atoms with E-state index in [-0.39, 0.29) is 0 Å². The molecule has 0 bridgehead atoms. The second-order valence-corrected chi connectivity index (χ2v) is 5.89. The minimum Gasteiger partial charge on any atom is -0.262 e. The van der Waals surface area contributed by atoms with E-state index in [0.29, 0.717) is 0 Å². The van der Waals surface area contributed by atoms with Crippen LogP contribution >= 0.6 is 0 Å². The van der Waals surface area contributed by atoms with Crippen LogP contribution in [0.25, 0.3) is 0 Å². The lowest BCUT2D eigenvalue weighted by atomic mass is 9.97. The molecule has 0 saturated carbocycles. The molecule has 0 aliphatic heterocycles. The van der Waals surface area contributed by atoms with E-state index in [4.69, 9.17) is 0 Å². The molecule has 0 radical (unpaired) electrons. The third kappa shape index (κ3) is 13.2. The molecule has 0 saturated heterocycles. The molecule has 26 heavy (non-hydrogen) atoms. The van der Waals surface area contributed by atoms with Crippen molar-refractivity contribution in [3.63, 3.8) is 0 Å². The minimum absolute atomic E-state index is 1.06. The standard InChI is InChI=1S/C16H23N.C7H8.C2H6/c1-4-12-17-15(3)13-14(2)16-10-8-6-5-7-9-11-16;1-2-4-6-7-5-3-1;1-2/h4-6,10,12-13H,7-9,11H2,1-3H3;1-6H,7H2;1-2H3/b6-5?,12-4-,14-13+,16-10+,17-15-;;. The second-order valence-electron chi connectivity index (χ2n) is 5.89. The quantitative estimate of drug-likeness (QED) is 0.360. The highest BCUT2D eigenvalue weighted by Crippen LogP contribution is 2.20. The Morgan fingerprint density at radius 2 is 1.62 bits per heavy atom. The predicted octanol–water partition coefficient (Wildman–Crippen LogP) is 8.07. The van der Waals surface area contributed by atoms with Crippen LogP contribution in [-0.4, -0.2) is 5.71 Å². The Morgan fingerprint density at radius 3 is 2.27 bits per heavy atom. The average Bonchev–Trinajstić information content (AvgIpc) is 2.95. The molecule has 0 heterocycles. The van der Waals surface area contributed by atoms with E-state index in [1.807, 2.05) is 52.1 Å². The molecule has 2 rings (SSSR count). The lowest BCUT2D eigenvalue weighted by molar-refractivity contribution is 0.825. The molecule has 0 aromatic heterocycles. The van der Waals surface area contributed by atoms with Gasteiger partial charge in [0.2, 0.25) is 0 Å². The molecule has 0 aromatic carbocycles. The molecule has 0 unspecified atom stereocenters. The highest BCUT2D eigenvalue weighted by atomic mass is 14.7. The van der Waals surface area contributed by atoms with Crippen LogP contribution in [0.4, 0.5) is 0 Å². The molecular formula is C25H37N. The molecule has 0 amide bonds. The molecular weight excluding hydrogens is 314 g/mol. The van der Waals surface area contributed by atoms with Crippen LogP contribution in [-0.2, 0) is 0 Å². The summed E-state index contributed by atoms with van der Waals surface area (Å²) in [5.41, 5.74) is 3.90. The van der Waals surface area contributed by atoms with Gasteiger partial charge in [0.1, 0.15) is 0 Å². The van der Waals surface area contributed by atoms with E-state index >= 15 is 0 Å². The van der Waals surface area contributed by atoms with Crippen molar-refractivity contribution in [2.45, 2.75) is 66.7 Å². The smallest absolute Gasteiger partial charge is 0.0375 e. The lowest BCUT2D eigenvalue weighted by Crippen LogP contribution is -1.93. The fraction of sp³-hybridized carbons (Fsp3) is 0.400.